The fraction of sp³-hybridized carbons (Fsp3) is 0.303. The van der Waals surface area contributed by atoms with Gasteiger partial charge in [0.05, 0.1) is 19.4 Å². The summed E-state index contributed by atoms with van der Waals surface area (Å²) in [5.41, 5.74) is 1.73. The number of carboxylic acid groups (broad SMARTS) is 1. The second-order valence-electron chi connectivity index (χ2n) is 10.3. The molecule has 0 spiro atoms. The smallest absolute Gasteiger partial charge is 0.332 e. The number of ketones is 1. The van der Waals surface area contributed by atoms with Gasteiger partial charge in [0.15, 0.2) is 0 Å². The predicted octanol–water partition coefficient (Wildman–Crippen LogP) is 5.68. The Kier molecular flexibility index (Phi) is 13.4. The molecule has 0 bridgehead atoms. The van der Waals surface area contributed by atoms with E-state index in [0.29, 0.717) is 33.9 Å². The molecule has 244 valence electrons. The summed E-state index contributed by atoms with van der Waals surface area (Å²) in [7, 11) is -4.06. The largest absolute Gasteiger partial charge is 0.481 e. The summed E-state index contributed by atoms with van der Waals surface area (Å²) in [6.07, 6.45) is -0.941. The summed E-state index contributed by atoms with van der Waals surface area (Å²) in [5.74, 6) is -3.02. The molecule has 0 amide bonds. The van der Waals surface area contributed by atoms with Gasteiger partial charge in [0, 0.05) is 39.5 Å². The lowest BCUT2D eigenvalue weighted by molar-refractivity contribution is -0.137. The molecule has 1 atom stereocenters. The standard InChI is InChI=1S/C33H35O12P/c1-22(34)43-29-11-4-25(5-12-29)18-32(37)28(10-17-33(38)39)21-46(40,41-19-26-6-13-30(14-7-26)44-23(2)35)42-20-27-8-15-31(16-9-27)45-24(3)36/h4-9,11-16,28H,10,17-21H2,1-3H3,(H,38,39). The fourth-order valence-corrected chi connectivity index (χ4v) is 6.14. The Bertz CT molecular complexity index is 1500. The third-order valence-electron chi connectivity index (χ3n) is 6.39. The number of hydrogen-bond donors (Lipinski definition) is 1. The van der Waals surface area contributed by atoms with Crippen molar-refractivity contribution in [3.8, 4) is 17.2 Å². The molecule has 0 radical (unpaired) electrons. The quantitative estimate of drug-likeness (QED) is 0.108. The molecule has 46 heavy (non-hydrogen) atoms. The van der Waals surface area contributed by atoms with Gasteiger partial charge in [-0.05, 0) is 59.5 Å². The minimum absolute atomic E-state index is 0.0974. The van der Waals surface area contributed by atoms with E-state index in [1.165, 1.54) is 32.9 Å². The van der Waals surface area contributed by atoms with Gasteiger partial charge in [-0.2, -0.15) is 0 Å². The van der Waals surface area contributed by atoms with E-state index in [1.807, 2.05) is 0 Å². The van der Waals surface area contributed by atoms with Crippen molar-refractivity contribution >= 4 is 37.3 Å². The van der Waals surface area contributed by atoms with E-state index in [0.717, 1.165) is 0 Å². The topological polar surface area (TPSA) is 169 Å². The highest BCUT2D eigenvalue weighted by molar-refractivity contribution is 7.53. The van der Waals surface area contributed by atoms with Crippen molar-refractivity contribution in [2.45, 2.75) is 53.2 Å². The monoisotopic (exact) mass is 654 g/mol. The van der Waals surface area contributed by atoms with Crippen LogP contribution in [0.5, 0.6) is 17.2 Å². The van der Waals surface area contributed by atoms with Crippen LogP contribution in [0.3, 0.4) is 0 Å². The molecule has 0 aliphatic rings. The van der Waals surface area contributed by atoms with Crippen LogP contribution in [0.15, 0.2) is 72.8 Å². The Balaban J connectivity index is 1.81. The minimum atomic E-state index is -4.06. The molecule has 3 rings (SSSR count). The number of benzene rings is 3. The molecule has 3 aromatic rings. The molecular formula is C33H35O12P. The Morgan fingerprint density at radius 3 is 1.35 bits per heavy atom. The first-order valence-electron chi connectivity index (χ1n) is 14.2. The highest BCUT2D eigenvalue weighted by Crippen LogP contribution is 2.52. The van der Waals surface area contributed by atoms with Crippen LogP contribution in [-0.4, -0.2) is 40.9 Å². The number of carbonyl (C=O) groups is 5. The first kappa shape index (κ1) is 35.8. The Hall–Kier alpha value is -4.64. The third kappa shape index (κ3) is 12.8. The summed E-state index contributed by atoms with van der Waals surface area (Å²) in [6.45, 7) is 3.45. The van der Waals surface area contributed by atoms with E-state index >= 15 is 0 Å². The van der Waals surface area contributed by atoms with Crippen LogP contribution < -0.4 is 14.2 Å². The van der Waals surface area contributed by atoms with Crippen LogP contribution in [0.1, 0.15) is 50.3 Å². The van der Waals surface area contributed by atoms with E-state index < -0.39 is 37.4 Å². The molecular weight excluding hydrogens is 619 g/mol. The van der Waals surface area contributed by atoms with E-state index in [9.17, 15) is 33.6 Å². The normalized spacial score (nSPS) is 11.7. The molecule has 12 nitrogen and oxygen atoms in total. The maximum Gasteiger partial charge on any atom is 0.332 e. The lowest BCUT2D eigenvalue weighted by Crippen LogP contribution is -2.23. The summed E-state index contributed by atoms with van der Waals surface area (Å²) < 4.78 is 41.0. The Labute approximate surface area is 266 Å². The van der Waals surface area contributed by atoms with Gasteiger partial charge in [-0.25, -0.2) is 0 Å². The van der Waals surface area contributed by atoms with Crippen LogP contribution in [0.4, 0.5) is 0 Å². The first-order chi connectivity index (χ1) is 21.8. The SMILES string of the molecule is CC(=O)Oc1ccc(COP(=O)(CC(CCC(=O)O)C(=O)Cc2ccc(OC(C)=O)cc2)OCc2ccc(OC(C)=O)cc2)cc1. The van der Waals surface area contributed by atoms with E-state index in [4.69, 9.17) is 23.3 Å². The number of esters is 3. The highest BCUT2D eigenvalue weighted by Gasteiger charge is 2.33. The number of Topliss-reactive ketones (excluding diaryl/α,β-unsaturated/α-hetero) is 1. The maximum absolute atomic E-state index is 14.2. The number of aliphatic carboxylic acids is 1. The third-order valence-corrected chi connectivity index (χ3v) is 8.33. The fourth-order valence-electron chi connectivity index (χ4n) is 4.24. The zero-order valence-corrected chi connectivity index (χ0v) is 26.5. The van der Waals surface area contributed by atoms with Gasteiger partial charge in [-0.3, -0.25) is 28.5 Å². The van der Waals surface area contributed by atoms with Gasteiger partial charge in [-0.15, -0.1) is 0 Å². The second-order valence-corrected chi connectivity index (χ2v) is 12.4. The molecule has 0 saturated heterocycles. The molecule has 0 heterocycles. The molecule has 0 fully saturated rings. The molecule has 1 unspecified atom stereocenters. The molecule has 1 N–H and O–H groups in total. The van der Waals surface area contributed by atoms with Crippen molar-refractivity contribution < 1.29 is 56.9 Å². The van der Waals surface area contributed by atoms with Crippen LogP contribution in [0, 0.1) is 5.92 Å². The molecule has 0 aromatic heterocycles. The molecule has 0 aliphatic carbocycles. The van der Waals surface area contributed by atoms with Gasteiger partial charge in [0.25, 0.3) is 0 Å². The Morgan fingerprint density at radius 1 is 0.630 bits per heavy atom. The van der Waals surface area contributed by atoms with E-state index in [-0.39, 0.29) is 44.4 Å². The van der Waals surface area contributed by atoms with Crippen molar-refractivity contribution in [3.05, 3.63) is 89.5 Å². The zero-order valence-electron chi connectivity index (χ0n) is 25.6. The summed E-state index contributed by atoms with van der Waals surface area (Å²) in [5, 5.41) is 9.35. The average Bonchev–Trinajstić information content (AvgIpc) is 2.99. The molecule has 0 saturated carbocycles. The van der Waals surface area contributed by atoms with Gasteiger partial charge < -0.3 is 28.4 Å². The van der Waals surface area contributed by atoms with Gasteiger partial charge in [0.2, 0.25) is 0 Å². The van der Waals surface area contributed by atoms with Gasteiger partial charge in [0.1, 0.15) is 23.0 Å². The second kappa shape index (κ2) is 17.2. The van der Waals surface area contributed by atoms with Gasteiger partial charge >= 0.3 is 31.5 Å². The summed E-state index contributed by atoms with van der Waals surface area (Å²) in [4.78, 5) is 58.6. The molecule has 0 aliphatic heterocycles. The molecule has 13 heteroatoms. The lowest BCUT2D eigenvalue weighted by atomic mass is 9.95. The van der Waals surface area contributed by atoms with Crippen molar-refractivity contribution in [2.75, 3.05) is 6.16 Å². The van der Waals surface area contributed by atoms with Crippen molar-refractivity contribution in [1.82, 2.24) is 0 Å². The summed E-state index contributed by atoms with van der Waals surface area (Å²) >= 11 is 0. The van der Waals surface area contributed by atoms with E-state index in [2.05, 4.69) is 0 Å². The first-order valence-corrected chi connectivity index (χ1v) is 16.0. The number of carboxylic acids is 1. The van der Waals surface area contributed by atoms with E-state index in [1.54, 1.807) is 60.7 Å². The number of carbonyl (C=O) groups excluding carboxylic acids is 4. The number of hydrogen-bond acceptors (Lipinski definition) is 11. The minimum Gasteiger partial charge on any atom is -0.481 e. The average molecular weight is 655 g/mol. The summed E-state index contributed by atoms with van der Waals surface area (Å²) in [6, 6.07) is 18.9. The maximum atomic E-state index is 14.2. The van der Waals surface area contributed by atoms with Gasteiger partial charge in [-0.1, -0.05) is 36.4 Å². The number of rotatable bonds is 17. The van der Waals surface area contributed by atoms with Crippen molar-refractivity contribution in [2.24, 2.45) is 5.92 Å². The highest BCUT2D eigenvalue weighted by atomic mass is 31.2. The van der Waals surface area contributed by atoms with Crippen molar-refractivity contribution in [1.29, 1.82) is 0 Å². The Morgan fingerprint density at radius 2 is 1.00 bits per heavy atom. The molecule has 3 aromatic carbocycles. The van der Waals surface area contributed by atoms with Crippen LogP contribution in [0.2, 0.25) is 0 Å². The van der Waals surface area contributed by atoms with Crippen LogP contribution in [-0.2, 0) is 57.2 Å². The predicted molar refractivity (Wildman–Crippen MR) is 164 cm³/mol. The van der Waals surface area contributed by atoms with Crippen LogP contribution >= 0.6 is 7.60 Å². The van der Waals surface area contributed by atoms with Crippen LogP contribution in [0.25, 0.3) is 0 Å². The zero-order chi connectivity index (χ0) is 33.7. The lowest BCUT2D eigenvalue weighted by Gasteiger charge is -2.23. The number of ether oxygens (including phenoxy) is 3. The van der Waals surface area contributed by atoms with Crippen molar-refractivity contribution in [3.63, 3.8) is 0 Å².